The number of hydrogen-bond donors (Lipinski definition) is 4. The van der Waals surface area contributed by atoms with Crippen LogP contribution in [0, 0.1) is 0 Å². The van der Waals surface area contributed by atoms with Crippen LogP contribution in [0.4, 0.5) is 0 Å². The van der Waals surface area contributed by atoms with Gasteiger partial charge in [-0.1, -0.05) is 84.9 Å². The Morgan fingerprint density at radius 2 is 0.625 bits per heavy atom. The van der Waals surface area contributed by atoms with E-state index < -0.39 is 34.7 Å². The van der Waals surface area contributed by atoms with Crippen LogP contribution >= 0.6 is 0 Å². The summed E-state index contributed by atoms with van der Waals surface area (Å²) < 4.78 is 0. The summed E-state index contributed by atoms with van der Waals surface area (Å²) >= 11 is 0. The molecular formula is C24H18O8. The van der Waals surface area contributed by atoms with Crippen molar-refractivity contribution in [1.82, 2.24) is 0 Å². The fourth-order valence-corrected chi connectivity index (χ4v) is 2.96. The number of aliphatic hydroxyl groups is 4. The highest BCUT2D eigenvalue weighted by atomic mass is 16.5. The standard InChI is InChI=1S/C24H18O8/c25-19(15-7-3-1-4-8-15)23(29,30)21(27)17-11-13-18(14-12-17)22(28)24(31,32)20(26)16-9-5-2-6-10-16/h1-14,29-32H. The summed E-state index contributed by atoms with van der Waals surface area (Å²) in [6.07, 6.45) is 0. The van der Waals surface area contributed by atoms with E-state index in [1.165, 1.54) is 48.5 Å². The third kappa shape index (κ3) is 4.29. The van der Waals surface area contributed by atoms with Gasteiger partial charge in [0.05, 0.1) is 0 Å². The molecule has 0 aliphatic carbocycles. The van der Waals surface area contributed by atoms with Crippen molar-refractivity contribution in [2.45, 2.75) is 11.6 Å². The molecule has 3 aromatic rings. The smallest absolute Gasteiger partial charge is 0.294 e. The van der Waals surface area contributed by atoms with Crippen LogP contribution < -0.4 is 0 Å². The third-order valence-electron chi connectivity index (χ3n) is 4.75. The lowest BCUT2D eigenvalue weighted by Gasteiger charge is -2.20. The maximum absolute atomic E-state index is 12.5. The zero-order chi connectivity index (χ0) is 23.5. The Kier molecular flexibility index (Phi) is 6.24. The van der Waals surface area contributed by atoms with Crippen molar-refractivity contribution in [3.05, 3.63) is 107 Å². The average molecular weight is 434 g/mol. The van der Waals surface area contributed by atoms with E-state index in [1.54, 1.807) is 12.1 Å². The summed E-state index contributed by atoms with van der Waals surface area (Å²) in [5, 5.41) is 40.5. The maximum Gasteiger partial charge on any atom is 0.294 e. The summed E-state index contributed by atoms with van der Waals surface area (Å²) in [6.45, 7) is 0. The van der Waals surface area contributed by atoms with E-state index >= 15 is 0 Å². The number of benzene rings is 3. The second-order valence-corrected chi connectivity index (χ2v) is 6.97. The minimum atomic E-state index is -3.35. The molecule has 4 N–H and O–H groups in total. The molecule has 0 atom stereocenters. The summed E-state index contributed by atoms with van der Waals surface area (Å²) in [6, 6.07) is 18.4. The predicted octanol–water partition coefficient (Wildman–Crippen LogP) is 1.18. The first kappa shape index (κ1) is 22.9. The summed E-state index contributed by atoms with van der Waals surface area (Å²) in [5.41, 5.74) is -0.844. The minimum Gasteiger partial charge on any atom is -0.353 e. The van der Waals surface area contributed by atoms with Gasteiger partial charge in [-0.05, 0) is 0 Å². The predicted molar refractivity (Wildman–Crippen MR) is 111 cm³/mol. The van der Waals surface area contributed by atoms with Gasteiger partial charge in [-0.25, -0.2) is 0 Å². The molecule has 0 saturated carbocycles. The Bertz CT molecular complexity index is 1070. The zero-order valence-electron chi connectivity index (χ0n) is 16.5. The lowest BCUT2D eigenvalue weighted by atomic mass is 9.92. The van der Waals surface area contributed by atoms with E-state index in [0.717, 1.165) is 24.3 Å². The van der Waals surface area contributed by atoms with Gasteiger partial charge >= 0.3 is 0 Å². The van der Waals surface area contributed by atoms with Gasteiger partial charge in [0.25, 0.3) is 11.6 Å². The molecule has 0 spiro atoms. The summed E-state index contributed by atoms with van der Waals surface area (Å²) in [4.78, 5) is 49.6. The molecule has 0 saturated heterocycles. The van der Waals surface area contributed by atoms with Crippen LogP contribution in [-0.4, -0.2) is 55.1 Å². The first-order chi connectivity index (χ1) is 15.1. The first-order valence-corrected chi connectivity index (χ1v) is 9.35. The second kappa shape index (κ2) is 8.74. The fourth-order valence-electron chi connectivity index (χ4n) is 2.96. The van der Waals surface area contributed by atoms with Gasteiger partial charge in [-0.2, -0.15) is 0 Å². The van der Waals surface area contributed by atoms with Gasteiger partial charge in [0.2, 0.25) is 23.1 Å². The number of hydrogen-bond acceptors (Lipinski definition) is 8. The molecule has 0 aliphatic rings. The van der Waals surface area contributed by atoms with E-state index in [2.05, 4.69) is 0 Å². The van der Waals surface area contributed by atoms with Crippen molar-refractivity contribution < 1.29 is 39.6 Å². The van der Waals surface area contributed by atoms with Gasteiger partial charge in [0.15, 0.2) is 0 Å². The lowest BCUT2D eigenvalue weighted by molar-refractivity contribution is -0.0891. The largest absolute Gasteiger partial charge is 0.353 e. The van der Waals surface area contributed by atoms with E-state index in [0.29, 0.717) is 0 Å². The van der Waals surface area contributed by atoms with Crippen molar-refractivity contribution in [3.63, 3.8) is 0 Å². The molecule has 3 rings (SSSR count). The molecule has 162 valence electrons. The molecule has 0 bridgehead atoms. The molecule has 8 nitrogen and oxygen atoms in total. The molecule has 0 aliphatic heterocycles. The molecule has 0 aromatic heterocycles. The maximum atomic E-state index is 12.5. The van der Waals surface area contributed by atoms with Crippen LogP contribution in [0.15, 0.2) is 84.9 Å². The van der Waals surface area contributed by atoms with Crippen LogP contribution in [0.2, 0.25) is 0 Å². The molecule has 0 radical (unpaired) electrons. The SMILES string of the molecule is O=C(c1ccccc1)C(O)(O)C(=O)c1ccc(C(=O)C(O)(O)C(=O)c2ccccc2)cc1. The highest BCUT2D eigenvalue weighted by Crippen LogP contribution is 2.21. The summed E-state index contributed by atoms with van der Waals surface area (Å²) in [5.74, 6) is -11.9. The Morgan fingerprint density at radius 1 is 0.406 bits per heavy atom. The van der Waals surface area contributed by atoms with Gasteiger partial charge in [-0.3, -0.25) is 19.2 Å². The molecule has 32 heavy (non-hydrogen) atoms. The third-order valence-corrected chi connectivity index (χ3v) is 4.75. The number of Topliss-reactive ketones (excluding diaryl/α,β-unsaturated/α-hetero) is 4. The molecular weight excluding hydrogens is 416 g/mol. The molecule has 8 heteroatoms. The van der Waals surface area contributed by atoms with E-state index in [-0.39, 0.29) is 22.3 Å². The lowest BCUT2D eigenvalue weighted by Crippen LogP contribution is -2.47. The van der Waals surface area contributed by atoms with Gasteiger partial charge in [-0.15, -0.1) is 0 Å². The topological polar surface area (TPSA) is 149 Å². The number of carbonyl (C=O) groups excluding carboxylic acids is 4. The zero-order valence-corrected chi connectivity index (χ0v) is 16.5. The molecule has 3 aromatic carbocycles. The number of rotatable bonds is 8. The Labute approximate surface area is 182 Å². The quantitative estimate of drug-likeness (QED) is 0.235. The average Bonchev–Trinajstić information content (AvgIpc) is 2.83. The Balaban J connectivity index is 1.82. The number of ketones is 4. The van der Waals surface area contributed by atoms with Gasteiger partial charge in [0.1, 0.15) is 0 Å². The van der Waals surface area contributed by atoms with Crippen molar-refractivity contribution in [3.8, 4) is 0 Å². The minimum absolute atomic E-state index is 0.0950. The van der Waals surface area contributed by atoms with Crippen LogP contribution in [0.1, 0.15) is 41.4 Å². The molecule has 0 amide bonds. The van der Waals surface area contributed by atoms with Crippen molar-refractivity contribution in [1.29, 1.82) is 0 Å². The number of carbonyl (C=O) groups is 4. The van der Waals surface area contributed by atoms with Crippen LogP contribution in [0.25, 0.3) is 0 Å². The summed E-state index contributed by atoms with van der Waals surface area (Å²) in [7, 11) is 0. The normalized spacial score (nSPS) is 11.6. The van der Waals surface area contributed by atoms with Crippen molar-refractivity contribution in [2.24, 2.45) is 0 Å². The van der Waals surface area contributed by atoms with E-state index in [1.807, 2.05) is 0 Å². The van der Waals surface area contributed by atoms with Crippen molar-refractivity contribution in [2.75, 3.05) is 0 Å². The van der Waals surface area contributed by atoms with E-state index in [4.69, 9.17) is 0 Å². The van der Waals surface area contributed by atoms with Gasteiger partial charge < -0.3 is 20.4 Å². The second-order valence-electron chi connectivity index (χ2n) is 6.97. The van der Waals surface area contributed by atoms with Crippen LogP contribution in [-0.2, 0) is 0 Å². The van der Waals surface area contributed by atoms with Crippen LogP contribution in [0.3, 0.4) is 0 Å². The highest BCUT2D eigenvalue weighted by molar-refractivity contribution is 6.22. The van der Waals surface area contributed by atoms with Crippen LogP contribution in [0.5, 0.6) is 0 Å². The Hall–Kier alpha value is -3.82. The highest BCUT2D eigenvalue weighted by Gasteiger charge is 2.44. The molecule has 0 fully saturated rings. The van der Waals surface area contributed by atoms with Crippen molar-refractivity contribution >= 4 is 23.1 Å². The molecule has 0 heterocycles. The first-order valence-electron chi connectivity index (χ1n) is 9.35. The van der Waals surface area contributed by atoms with Gasteiger partial charge in [0, 0.05) is 22.3 Å². The fraction of sp³-hybridized carbons (Fsp3) is 0.0833. The van der Waals surface area contributed by atoms with E-state index in [9.17, 15) is 39.6 Å². The Morgan fingerprint density at radius 3 is 0.875 bits per heavy atom. The molecule has 0 unspecified atom stereocenters. The monoisotopic (exact) mass is 434 g/mol.